The molecule has 2 N–H and O–H groups in total. The van der Waals surface area contributed by atoms with E-state index in [9.17, 15) is 9.59 Å². The van der Waals surface area contributed by atoms with Crippen molar-refractivity contribution in [3.8, 4) is 0 Å². The molecule has 1 aliphatic carbocycles. The fraction of sp³-hybridized carbons (Fsp3) is 0.250. The molecule has 1 fully saturated rings. The third-order valence-electron chi connectivity index (χ3n) is 3.83. The number of hydrogen-bond donors (Lipinski definition) is 2. The lowest BCUT2D eigenvalue weighted by Crippen LogP contribution is -2.43. The van der Waals surface area contributed by atoms with Gasteiger partial charge in [0.25, 0.3) is 5.91 Å². The fourth-order valence-corrected chi connectivity index (χ4v) is 2.53. The Kier molecular flexibility index (Phi) is 3.48. The summed E-state index contributed by atoms with van der Waals surface area (Å²) in [5.41, 5.74) is 6.65. The van der Waals surface area contributed by atoms with Gasteiger partial charge in [0.2, 0.25) is 5.91 Å². The molecule has 2 unspecified atom stereocenters. The zero-order chi connectivity index (χ0) is 14.8. The summed E-state index contributed by atoms with van der Waals surface area (Å²) < 4.78 is 1.70. The molecular weight excluding hydrogens is 266 g/mol. The monoisotopic (exact) mass is 283 g/mol. The Morgan fingerprint density at radius 2 is 1.86 bits per heavy atom. The quantitative estimate of drug-likeness (QED) is 0.840. The lowest BCUT2D eigenvalue weighted by atomic mass is 10.1. The second-order valence-electron chi connectivity index (χ2n) is 5.31. The third-order valence-corrected chi connectivity index (χ3v) is 3.83. The summed E-state index contributed by atoms with van der Waals surface area (Å²) in [6, 6.07) is 13.4. The van der Waals surface area contributed by atoms with Crippen LogP contribution in [0.25, 0.3) is 0 Å². The number of aromatic nitrogens is 1. The molecule has 0 radical (unpaired) electrons. The van der Waals surface area contributed by atoms with Gasteiger partial charge >= 0.3 is 0 Å². The first-order valence-corrected chi connectivity index (χ1v) is 6.93. The van der Waals surface area contributed by atoms with Gasteiger partial charge in [-0.1, -0.05) is 30.3 Å². The lowest BCUT2D eigenvalue weighted by Gasteiger charge is -2.08. The maximum absolute atomic E-state index is 12.0. The van der Waals surface area contributed by atoms with Crippen molar-refractivity contribution >= 4 is 11.8 Å². The zero-order valence-corrected chi connectivity index (χ0v) is 11.7. The first kappa shape index (κ1) is 13.4. The number of nitrogens with zero attached hydrogens (tertiary/aromatic N) is 1. The minimum absolute atomic E-state index is 0.0545. The first-order valence-electron chi connectivity index (χ1n) is 6.93. The number of aryl methyl sites for hydroxylation is 1. The van der Waals surface area contributed by atoms with E-state index in [2.05, 4.69) is 10.9 Å². The van der Waals surface area contributed by atoms with E-state index in [1.165, 1.54) is 5.56 Å². The van der Waals surface area contributed by atoms with Crippen LogP contribution in [0.5, 0.6) is 0 Å². The van der Waals surface area contributed by atoms with Gasteiger partial charge in [0, 0.05) is 19.2 Å². The van der Waals surface area contributed by atoms with Gasteiger partial charge in [-0.05, 0) is 30.0 Å². The van der Waals surface area contributed by atoms with Gasteiger partial charge in [0.15, 0.2) is 0 Å². The summed E-state index contributed by atoms with van der Waals surface area (Å²) in [6.07, 6.45) is 2.61. The summed E-state index contributed by atoms with van der Waals surface area (Å²) in [7, 11) is 1.78. The van der Waals surface area contributed by atoms with Crippen molar-refractivity contribution < 1.29 is 9.59 Å². The van der Waals surface area contributed by atoms with E-state index in [4.69, 9.17) is 0 Å². The maximum atomic E-state index is 12.0. The highest BCUT2D eigenvalue weighted by molar-refractivity contribution is 5.94. The Balaban J connectivity index is 1.52. The maximum Gasteiger partial charge on any atom is 0.286 e. The normalized spacial score (nSPS) is 19.9. The number of hydrogen-bond acceptors (Lipinski definition) is 2. The Bertz CT molecular complexity index is 663. The first-order chi connectivity index (χ1) is 10.2. The second kappa shape index (κ2) is 5.44. The molecule has 1 aromatic heterocycles. The van der Waals surface area contributed by atoms with Gasteiger partial charge in [0.1, 0.15) is 5.69 Å². The van der Waals surface area contributed by atoms with Crippen molar-refractivity contribution in [1.29, 1.82) is 0 Å². The molecule has 2 atom stereocenters. The molecule has 1 aromatic carbocycles. The molecule has 0 saturated heterocycles. The van der Waals surface area contributed by atoms with Gasteiger partial charge < -0.3 is 4.57 Å². The van der Waals surface area contributed by atoms with Crippen LogP contribution < -0.4 is 10.9 Å². The number of hydrazine groups is 1. The SMILES string of the molecule is Cn1cccc1C(=O)NNC(=O)C1CC1c1ccccc1. The van der Waals surface area contributed by atoms with Crippen LogP contribution in [-0.2, 0) is 11.8 Å². The lowest BCUT2D eigenvalue weighted by molar-refractivity contribution is -0.123. The van der Waals surface area contributed by atoms with Gasteiger partial charge in [-0.25, -0.2) is 0 Å². The standard InChI is InChI=1S/C16H17N3O2/c1-19-9-5-8-14(19)16(21)18-17-15(20)13-10-12(13)11-6-3-2-4-7-11/h2-9,12-13H,10H2,1H3,(H,17,20)(H,18,21). The van der Waals surface area contributed by atoms with Gasteiger partial charge in [0.05, 0.1) is 0 Å². The van der Waals surface area contributed by atoms with Crippen molar-refractivity contribution in [2.45, 2.75) is 12.3 Å². The number of nitrogens with one attached hydrogen (secondary N) is 2. The van der Waals surface area contributed by atoms with E-state index < -0.39 is 0 Å². The van der Waals surface area contributed by atoms with Crippen LogP contribution in [0.1, 0.15) is 28.4 Å². The Hall–Kier alpha value is -2.56. The van der Waals surface area contributed by atoms with Crippen molar-refractivity contribution in [3.63, 3.8) is 0 Å². The highest BCUT2D eigenvalue weighted by atomic mass is 16.2. The molecular formula is C16H17N3O2. The third kappa shape index (κ3) is 2.81. The summed E-state index contributed by atoms with van der Waals surface area (Å²) in [5.74, 6) is -0.238. The molecule has 0 aliphatic heterocycles. The number of carbonyl (C=O) groups excluding carboxylic acids is 2. The van der Waals surface area contributed by atoms with E-state index in [0.29, 0.717) is 5.69 Å². The summed E-state index contributed by atoms with van der Waals surface area (Å²) in [5, 5.41) is 0. The predicted molar refractivity (Wildman–Crippen MR) is 78.3 cm³/mol. The van der Waals surface area contributed by atoms with E-state index in [1.54, 1.807) is 29.9 Å². The summed E-state index contributed by atoms with van der Waals surface area (Å²) >= 11 is 0. The Morgan fingerprint density at radius 3 is 2.52 bits per heavy atom. The summed E-state index contributed by atoms with van der Waals surface area (Å²) in [6.45, 7) is 0. The highest BCUT2D eigenvalue weighted by Gasteiger charge is 2.43. The van der Waals surface area contributed by atoms with E-state index in [0.717, 1.165) is 6.42 Å². The zero-order valence-electron chi connectivity index (χ0n) is 11.7. The van der Waals surface area contributed by atoms with Gasteiger partial charge in [-0.3, -0.25) is 20.4 Å². The molecule has 1 heterocycles. The van der Waals surface area contributed by atoms with Crippen LogP contribution in [0.4, 0.5) is 0 Å². The van der Waals surface area contributed by atoms with Crippen LogP contribution in [0.15, 0.2) is 48.7 Å². The fourth-order valence-electron chi connectivity index (χ4n) is 2.53. The highest BCUT2D eigenvalue weighted by Crippen LogP contribution is 2.47. The van der Waals surface area contributed by atoms with Crippen LogP contribution in [0.3, 0.4) is 0 Å². The second-order valence-corrected chi connectivity index (χ2v) is 5.31. The van der Waals surface area contributed by atoms with E-state index >= 15 is 0 Å². The minimum atomic E-state index is -0.312. The van der Waals surface area contributed by atoms with Crippen LogP contribution in [0, 0.1) is 5.92 Å². The van der Waals surface area contributed by atoms with Crippen molar-refractivity contribution in [3.05, 3.63) is 59.9 Å². The van der Waals surface area contributed by atoms with Crippen LogP contribution in [-0.4, -0.2) is 16.4 Å². The average Bonchev–Trinajstić information content (AvgIpc) is 3.20. The molecule has 3 rings (SSSR count). The largest absolute Gasteiger partial charge is 0.347 e. The van der Waals surface area contributed by atoms with Crippen molar-refractivity contribution in [2.24, 2.45) is 13.0 Å². The molecule has 21 heavy (non-hydrogen) atoms. The van der Waals surface area contributed by atoms with Gasteiger partial charge in [-0.15, -0.1) is 0 Å². The number of carbonyl (C=O) groups is 2. The van der Waals surface area contributed by atoms with Gasteiger partial charge in [-0.2, -0.15) is 0 Å². The van der Waals surface area contributed by atoms with E-state index in [-0.39, 0.29) is 23.7 Å². The molecule has 0 spiro atoms. The molecule has 0 bridgehead atoms. The molecule has 2 amide bonds. The van der Waals surface area contributed by atoms with Crippen molar-refractivity contribution in [1.82, 2.24) is 15.4 Å². The summed E-state index contributed by atoms with van der Waals surface area (Å²) in [4.78, 5) is 23.9. The Morgan fingerprint density at radius 1 is 1.10 bits per heavy atom. The molecule has 5 nitrogen and oxygen atoms in total. The smallest absolute Gasteiger partial charge is 0.286 e. The minimum Gasteiger partial charge on any atom is -0.347 e. The predicted octanol–water partition coefficient (Wildman–Crippen LogP) is 1.59. The number of amides is 2. The molecule has 108 valence electrons. The molecule has 1 aliphatic rings. The number of benzene rings is 1. The topological polar surface area (TPSA) is 63.1 Å². The van der Waals surface area contributed by atoms with Crippen molar-refractivity contribution in [2.75, 3.05) is 0 Å². The van der Waals surface area contributed by atoms with Crippen LogP contribution in [0.2, 0.25) is 0 Å². The van der Waals surface area contributed by atoms with E-state index in [1.807, 2.05) is 30.3 Å². The number of rotatable bonds is 3. The average molecular weight is 283 g/mol. The molecule has 1 saturated carbocycles. The molecule has 2 aromatic rings. The van der Waals surface area contributed by atoms with Crippen LogP contribution >= 0.6 is 0 Å². The Labute approximate surface area is 122 Å². The molecule has 5 heteroatoms.